The van der Waals surface area contributed by atoms with Gasteiger partial charge in [0, 0.05) is 62.5 Å². The number of likely N-dealkylation sites (N-methyl/N-ethyl adjacent to an activating group) is 1. The molecule has 0 saturated carbocycles. The SMILES string of the molecule is CNc1ncc2cc(-c3c(Cl)c(OC)cc(OC)c3Cl)c(=O)n(CCN(C)C3CN(C(=O)/C(C#N)=C\C(C)C)C3)c2n1. The second-order valence-corrected chi connectivity index (χ2v) is 11.1. The van der Waals surface area contributed by atoms with Crippen molar-refractivity contribution in [1.29, 1.82) is 5.26 Å². The number of nitrogens with zero attached hydrogens (tertiary/aromatic N) is 6. The van der Waals surface area contributed by atoms with Crippen molar-refractivity contribution in [2.45, 2.75) is 26.4 Å². The molecule has 1 saturated heterocycles. The average molecular weight is 615 g/mol. The molecule has 0 radical (unpaired) electrons. The Hall–Kier alpha value is -3.85. The van der Waals surface area contributed by atoms with Crippen molar-refractivity contribution >= 4 is 46.1 Å². The number of methoxy groups -OCH3 is 2. The Morgan fingerprint density at radius 1 is 1.24 bits per heavy atom. The van der Waals surface area contributed by atoms with Gasteiger partial charge in [-0.3, -0.25) is 19.1 Å². The van der Waals surface area contributed by atoms with Gasteiger partial charge in [-0.1, -0.05) is 43.1 Å². The zero-order chi connectivity index (χ0) is 30.7. The van der Waals surface area contributed by atoms with E-state index in [1.54, 1.807) is 40.9 Å². The average Bonchev–Trinajstić information content (AvgIpc) is 2.94. The maximum atomic E-state index is 14.1. The van der Waals surface area contributed by atoms with Crippen LogP contribution in [0.5, 0.6) is 11.5 Å². The second kappa shape index (κ2) is 13.0. The largest absolute Gasteiger partial charge is 0.495 e. The molecular weight excluding hydrogens is 581 g/mol. The lowest BCUT2D eigenvalue weighted by Crippen LogP contribution is -2.60. The molecule has 0 spiro atoms. The predicted octanol–water partition coefficient (Wildman–Crippen LogP) is 4.07. The molecule has 1 aromatic carbocycles. The van der Waals surface area contributed by atoms with Gasteiger partial charge in [0.1, 0.15) is 28.8 Å². The second-order valence-electron chi connectivity index (χ2n) is 10.3. The van der Waals surface area contributed by atoms with Gasteiger partial charge in [-0.15, -0.1) is 0 Å². The van der Waals surface area contributed by atoms with Crippen molar-refractivity contribution in [1.82, 2.24) is 24.3 Å². The molecule has 1 aliphatic heterocycles. The molecule has 3 heterocycles. The molecule has 0 aliphatic carbocycles. The third-order valence-electron chi connectivity index (χ3n) is 7.19. The minimum Gasteiger partial charge on any atom is -0.495 e. The van der Waals surface area contributed by atoms with E-state index in [1.165, 1.54) is 14.2 Å². The standard InChI is InChI=1S/C29H33Cl2N7O4/c1-16(2)9-17(12-32)27(39)37-14-19(15-37)36(4)7-8-38-26-18(13-34-29(33-3)35-26)10-20(28(38)40)23-24(30)21(41-5)11-22(42-6)25(23)31/h9-11,13,16,19H,7-8,14-15H2,1-6H3,(H,33,34,35)/b17-9-. The van der Waals surface area contributed by atoms with E-state index in [-0.39, 0.29) is 56.7 Å². The number of carbonyl (C=O) groups excluding carboxylic acids is 1. The molecule has 1 N–H and O–H groups in total. The van der Waals surface area contributed by atoms with Gasteiger partial charge in [-0.2, -0.15) is 10.2 Å². The molecule has 222 valence electrons. The van der Waals surface area contributed by atoms with Crippen LogP contribution in [0.1, 0.15) is 13.8 Å². The number of carbonyl (C=O) groups is 1. The minimum absolute atomic E-state index is 0.0760. The number of nitriles is 1. The number of hydrogen-bond donors (Lipinski definition) is 1. The smallest absolute Gasteiger partial charge is 0.264 e. The molecule has 2 aromatic heterocycles. The lowest BCUT2D eigenvalue weighted by molar-refractivity contribution is -0.133. The molecular formula is C29H33Cl2N7O4. The number of likely N-dealkylation sites (tertiary alicyclic amines) is 1. The van der Waals surface area contributed by atoms with Gasteiger partial charge < -0.3 is 19.7 Å². The number of anilines is 1. The maximum Gasteiger partial charge on any atom is 0.264 e. The van der Waals surface area contributed by atoms with Crippen molar-refractivity contribution in [3.8, 4) is 28.7 Å². The van der Waals surface area contributed by atoms with E-state index < -0.39 is 0 Å². The summed E-state index contributed by atoms with van der Waals surface area (Å²) in [6.45, 7) is 5.60. The monoisotopic (exact) mass is 613 g/mol. The highest BCUT2D eigenvalue weighted by Crippen LogP contribution is 2.45. The molecule has 0 bridgehead atoms. The fourth-order valence-electron chi connectivity index (χ4n) is 4.79. The van der Waals surface area contributed by atoms with Crippen LogP contribution in [0, 0.1) is 17.2 Å². The molecule has 1 aliphatic rings. The van der Waals surface area contributed by atoms with Crippen LogP contribution in [0.2, 0.25) is 10.0 Å². The summed E-state index contributed by atoms with van der Waals surface area (Å²) in [6, 6.07) is 5.32. The Morgan fingerprint density at radius 2 is 1.88 bits per heavy atom. The van der Waals surface area contributed by atoms with Crippen LogP contribution in [0.3, 0.4) is 0 Å². The summed E-state index contributed by atoms with van der Waals surface area (Å²) in [5, 5.41) is 13.3. The molecule has 0 atom stereocenters. The topological polar surface area (TPSA) is 126 Å². The van der Waals surface area contributed by atoms with E-state index in [9.17, 15) is 14.9 Å². The quantitative estimate of drug-likeness (QED) is 0.266. The summed E-state index contributed by atoms with van der Waals surface area (Å²) in [7, 11) is 6.58. The first-order chi connectivity index (χ1) is 20.0. The summed E-state index contributed by atoms with van der Waals surface area (Å²) < 4.78 is 12.4. The van der Waals surface area contributed by atoms with Gasteiger partial charge in [0.15, 0.2) is 0 Å². The number of amides is 1. The fraction of sp³-hybridized carbons (Fsp3) is 0.414. The highest BCUT2D eigenvalue weighted by Gasteiger charge is 2.34. The molecule has 42 heavy (non-hydrogen) atoms. The van der Waals surface area contributed by atoms with Gasteiger partial charge in [-0.25, -0.2) is 4.98 Å². The first-order valence-corrected chi connectivity index (χ1v) is 14.1. The Morgan fingerprint density at radius 3 is 2.43 bits per heavy atom. The van der Waals surface area contributed by atoms with Gasteiger partial charge in [0.25, 0.3) is 11.5 Å². The van der Waals surface area contributed by atoms with E-state index in [4.69, 9.17) is 32.7 Å². The number of halogens is 2. The van der Waals surface area contributed by atoms with E-state index >= 15 is 0 Å². The zero-order valence-corrected chi connectivity index (χ0v) is 25.9. The zero-order valence-electron chi connectivity index (χ0n) is 24.4. The van der Waals surface area contributed by atoms with E-state index in [2.05, 4.69) is 20.2 Å². The summed E-state index contributed by atoms with van der Waals surface area (Å²) in [6.07, 6.45) is 3.31. The summed E-state index contributed by atoms with van der Waals surface area (Å²) >= 11 is 13.4. The summed E-state index contributed by atoms with van der Waals surface area (Å²) in [4.78, 5) is 39.4. The fourth-order valence-corrected chi connectivity index (χ4v) is 5.49. The molecule has 13 heteroatoms. The first-order valence-electron chi connectivity index (χ1n) is 13.3. The van der Waals surface area contributed by atoms with Crippen LogP contribution in [-0.2, 0) is 11.3 Å². The van der Waals surface area contributed by atoms with Crippen LogP contribution < -0.4 is 20.3 Å². The number of fused-ring (bicyclic) bond motifs is 1. The third kappa shape index (κ3) is 6.02. The van der Waals surface area contributed by atoms with Crippen molar-refractivity contribution in [2.24, 2.45) is 5.92 Å². The van der Waals surface area contributed by atoms with Crippen LogP contribution >= 0.6 is 23.2 Å². The number of aromatic nitrogens is 3. The Balaban J connectivity index is 1.67. The lowest BCUT2D eigenvalue weighted by atomic mass is 10.0. The highest BCUT2D eigenvalue weighted by molar-refractivity contribution is 6.41. The van der Waals surface area contributed by atoms with Crippen molar-refractivity contribution in [3.05, 3.63) is 50.4 Å². The molecule has 1 amide bonds. The summed E-state index contributed by atoms with van der Waals surface area (Å²) in [5.41, 5.74) is 0.796. The minimum atomic E-state index is -0.348. The predicted molar refractivity (Wildman–Crippen MR) is 163 cm³/mol. The number of allylic oxidation sites excluding steroid dienone is 1. The molecule has 11 nitrogen and oxygen atoms in total. The number of ether oxygens (including phenoxy) is 2. The molecule has 4 rings (SSSR count). The van der Waals surface area contributed by atoms with Gasteiger partial charge in [-0.05, 0) is 19.0 Å². The number of hydrogen-bond acceptors (Lipinski definition) is 9. The Labute approximate surface area is 254 Å². The third-order valence-corrected chi connectivity index (χ3v) is 7.94. The van der Waals surface area contributed by atoms with Crippen molar-refractivity contribution < 1.29 is 14.3 Å². The number of rotatable bonds is 10. The van der Waals surface area contributed by atoms with E-state index in [1.807, 2.05) is 27.0 Å². The molecule has 1 fully saturated rings. The van der Waals surface area contributed by atoms with Gasteiger partial charge >= 0.3 is 0 Å². The molecule has 0 unspecified atom stereocenters. The van der Waals surface area contributed by atoms with E-state index in [0.717, 1.165) is 0 Å². The number of pyridine rings is 1. The van der Waals surface area contributed by atoms with Crippen LogP contribution in [0.4, 0.5) is 5.95 Å². The number of nitrogens with one attached hydrogen (secondary N) is 1. The van der Waals surface area contributed by atoms with Crippen LogP contribution in [0.15, 0.2) is 34.8 Å². The van der Waals surface area contributed by atoms with Gasteiger partial charge in [0.05, 0.1) is 29.8 Å². The molecule has 3 aromatic rings. The van der Waals surface area contributed by atoms with Crippen LogP contribution in [0.25, 0.3) is 22.2 Å². The Bertz CT molecular complexity index is 1610. The lowest BCUT2D eigenvalue weighted by Gasteiger charge is -2.44. The van der Waals surface area contributed by atoms with Gasteiger partial charge in [0.2, 0.25) is 5.95 Å². The summed E-state index contributed by atoms with van der Waals surface area (Å²) in [5.74, 6) is 0.832. The van der Waals surface area contributed by atoms with Crippen molar-refractivity contribution in [3.63, 3.8) is 0 Å². The van der Waals surface area contributed by atoms with Crippen LogP contribution in [-0.4, -0.2) is 84.2 Å². The highest BCUT2D eigenvalue weighted by atomic mass is 35.5. The number of benzene rings is 1. The van der Waals surface area contributed by atoms with Crippen molar-refractivity contribution in [2.75, 3.05) is 53.3 Å². The normalized spacial score (nSPS) is 13.8. The maximum absolute atomic E-state index is 14.1. The van der Waals surface area contributed by atoms with E-state index in [0.29, 0.717) is 48.1 Å². The Kier molecular flexibility index (Phi) is 9.61. The first kappa shape index (κ1) is 31.1.